The van der Waals surface area contributed by atoms with Gasteiger partial charge in [0.25, 0.3) is 0 Å². The zero-order valence-electron chi connectivity index (χ0n) is 9.86. The van der Waals surface area contributed by atoms with E-state index in [1.165, 1.54) is 11.1 Å². The van der Waals surface area contributed by atoms with Gasteiger partial charge >= 0.3 is 0 Å². The summed E-state index contributed by atoms with van der Waals surface area (Å²) < 4.78 is 5.52. The van der Waals surface area contributed by atoms with Gasteiger partial charge in [0.05, 0.1) is 12.2 Å². The highest BCUT2D eigenvalue weighted by Gasteiger charge is 2.19. The minimum atomic E-state index is -0.272. The average Bonchev–Trinajstić information content (AvgIpc) is 2.74. The molecule has 2 atom stereocenters. The van der Waals surface area contributed by atoms with E-state index in [-0.39, 0.29) is 12.2 Å². The Balaban J connectivity index is 1.81. The third-order valence-electron chi connectivity index (χ3n) is 3.15. The van der Waals surface area contributed by atoms with Gasteiger partial charge in [-0.15, -0.1) is 0 Å². The van der Waals surface area contributed by atoms with Crippen molar-refractivity contribution >= 4 is 0 Å². The molecule has 0 amide bonds. The normalized spacial score (nSPS) is 22.2. The molecule has 88 valence electrons. The Bertz CT molecular complexity index is 312. The molecule has 0 aromatic heterocycles. The molecule has 1 aromatic carbocycles. The van der Waals surface area contributed by atoms with Crippen molar-refractivity contribution in [3.63, 3.8) is 0 Å². The molecule has 1 aromatic rings. The third-order valence-corrected chi connectivity index (χ3v) is 3.15. The Morgan fingerprint density at radius 1 is 1.38 bits per heavy atom. The van der Waals surface area contributed by atoms with Crippen molar-refractivity contribution < 1.29 is 9.84 Å². The summed E-state index contributed by atoms with van der Waals surface area (Å²) in [5, 5.41) is 9.95. The molecule has 1 saturated heterocycles. The molecule has 0 saturated carbocycles. The Hall–Kier alpha value is -0.860. The molecule has 1 aliphatic rings. The molecule has 2 rings (SSSR count). The number of ether oxygens (including phenoxy) is 1. The lowest BCUT2D eigenvalue weighted by atomic mass is 10.0. The maximum atomic E-state index is 9.95. The lowest BCUT2D eigenvalue weighted by Crippen LogP contribution is -2.19. The van der Waals surface area contributed by atoms with Gasteiger partial charge in [-0.2, -0.15) is 0 Å². The zero-order chi connectivity index (χ0) is 11.4. The molecule has 2 nitrogen and oxygen atoms in total. The number of hydrogen-bond donors (Lipinski definition) is 1. The van der Waals surface area contributed by atoms with Crippen LogP contribution in [-0.4, -0.2) is 23.9 Å². The first-order valence-corrected chi connectivity index (χ1v) is 6.09. The smallest absolute Gasteiger partial charge is 0.0605 e. The molecule has 0 spiro atoms. The number of hydrogen-bond acceptors (Lipinski definition) is 2. The maximum absolute atomic E-state index is 9.95. The Morgan fingerprint density at radius 3 is 2.75 bits per heavy atom. The standard InChI is InChI=1S/C14H20O2/c1-11-4-6-12(7-5-11)9-13(15)10-14-3-2-8-16-14/h4-7,13-15H,2-3,8-10H2,1H3. The van der Waals surface area contributed by atoms with Crippen LogP contribution < -0.4 is 0 Å². The predicted octanol–water partition coefficient (Wildman–Crippen LogP) is 2.47. The van der Waals surface area contributed by atoms with Crippen LogP contribution in [0.25, 0.3) is 0 Å². The van der Waals surface area contributed by atoms with Crippen molar-refractivity contribution in [2.75, 3.05) is 6.61 Å². The molecule has 1 heterocycles. The third kappa shape index (κ3) is 3.32. The van der Waals surface area contributed by atoms with E-state index in [0.29, 0.717) is 0 Å². The summed E-state index contributed by atoms with van der Waals surface area (Å²) in [6.45, 7) is 2.94. The van der Waals surface area contributed by atoms with E-state index in [2.05, 4.69) is 31.2 Å². The molecule has 1 fully saturated rings. The van der Waals surface area contributed by atoms with Crippen molar-refractivity contribution in [1.82, 2.24) is 0 Å². The van der Waals surface area contributed by atoms with Gasteiger partial charge in [-0.1, -0.05) is 29.8 Å². The van der Waals surface area contributed by atoms with Gasteiger partial charge < -0.3 is 9.84 Å². The zero-order valence-corrected chi connectivity index (χ0v) is 9.86. The van der Waals surface area contributed by atoms with Crippen molar-refractivity contribution in [1.29, 1.82) is 0 Å². The molecule has 0 bridgehead atoms. The Labute approximate surface area is 97.3 Å². The highest BCUT2D eigenvalue weighted by atomic mass is 16.5. The summed E-state index contributed by atoms with van der Waals surface area (Å²) in [6, 6.07) is 8.37. The lowest BCUT2D eigenvalue weighted by molar-refractivity contribution is 0.0541. The minimum absolute atomic E-state index is 0.272. The molecule has 2 heteroatoms. The van der Waals surface area contributed by atoms with E-state index in [4.69, 9.17) is 4.74 Å². The first kappa shape index (κ1) is 11.6. The molecule has 0 aliphatic carbocycles. The van der Waals surface area contributed by atoms with Gasteiger partial charge in [0.15, 0.2) is 0 Å². The molecule has 16 heavy (non-hydrogen) atoms. The summed E-state index contributed by atoms with van der Waals surface area (Å²) in [4.78, 5) is 0. The summed E-state index contributed by atoms with van der Waals surface area (Å²) in [6.07, 6.45) is 3.76. The lowest BCUT2D eigenvalue weighted by Gasteiger charge is -2.15. The SMILES string of the molecule is Cc1ccc(CC(O)CC2CCCO2)cc1. The number of benzene rings is 1. The summed E-state index contributed by atoms with van der Waals surface area (Å²) in [7, 11) is 0. The van der Waals surface area contributed by atoms with E-state index in [0.717, 1.165) is 32.3 Å². The fourth-order valence-corrected chi connectivity index (χ4v) is 2.21. The van der Waals surface area contributed by atoms with E-state index < -0.39 is 0 Å². The number of rotatable bonds is 4. The Kier molecular flexibility index (Phi) is 3.97. The van der Waals surface area contributed by atoms with E-state index in [1.54, 1.807) is 0 Å². The summed E-state index contributed by atoms with van der Waals surface area (Å²) >= 11 is 0. The van der Waals surface area contributed by atoms with Crippen molar-refractivity contribution in [2.24, 2.45) is 0 Å². The van der Waals surface area contributed by atoms with Crippen LogP contribution in [-0.2, 0) is 11.2 Å². The molecular weight excluding hydrogens is 200 g/mol. The highest BCUT2D eigenvalue weighted by molar-refractivity contribution is 5.21. The van der Waals surface area contributed by atoms with E-state index in [1.807, 2.05) is 0 Å². The first-order valence-electron chi connectivity index (χ1n) is 6.09. The summed E-state index contributed by atoms with van der Waals surface area (Å²) in [5.74, 6) is 0. The van der Waals surface area contributed by atoms with E-state index >= 15 is 0 Å². The first-order chi connectivity index (χ1) is 7.74. The van der Waals surface area contributed by atoms with Crippen LogP contribution in [0.2, 0.25) is 0 Å². The van der Waals surface area contributed by atoms with Crippen molar-refractivity contribution in [2.45, 2.75) is 44.8 Å². The van der Waals surface area contributed by atoms with Crippen LogP contribution in [0.1, 0.15) is 30.4 Å². The molecule has 0 radical (unpaired) electrons. The van der Waals surface area contributed by atoms with Gasteiger partial charge in [0.2, 0.25) is 0 Å². The van der Waals surface area contributed by atoms with Gasteiger partial charge in [-0.05, 0) is 38.2 Å². The number of aliphatic hydroxyl groups is 1. The second-order valence-electron chi connectivity index (χ2n) is 4.71. The number of aryl methyl sites for hydroxylation is 1. The summed E-state index contributed by atoms with van der Waals surface area (Å²) in [5.41, 5.74) is 2.47. The predicted molar refractivity (Wildman–Crippen MR) is 64.5 cm³/mol. The van der Waals surface area contributed by atoms with Crippen molar-refractivity contribution in [3.05, 3.63) is 35.4 Å². The monoisotopic (exact) mass is 220 g/mol. The van der Waals surface area contributed by atoms with Crippen LogP contribution in [0.5, 0.6) is 0 Å². The fraction of sp³-hybridized carbons (Fsp3) is 0.571. The largest absolute Gasteiger partial charge is 0.393 e. The van der Waals surface area contributed by atoms with Gasteiger partial charge in [0.1, 0.15) is 0 Å². The average molecular weight is 220 g/mol. The highest BCUT2D eigenvalue weighted by Crippen LogP contribution is 2.18. The van der Waals surface area contributed by atoms with Crippen LogP contribution in [0.3, 0.4) is 0 Å². The molecule has 1 N–H and O–H groups in total. The molecule has 1 aliphatic heterocycles. The maximum Gasteiger partial charge on any atom is 0.0605 e. The second-order valence-corrected chi connectivity index (χ2v) is 4.71. The van der Waals surface area contributed by atoms with Crippen LogP contribution in [0.15, 0.2) is 24.3 Å². The van der Waals surface area contributed by atoms with Gasteiger partial charge in [0, 0.05) is 6.61 Å². The Morgan fingerprint density at radius 2 is 2.12 bits per heavy atom. The topological polar surface area (TPSA) is 29.5 Å². The quantitative estimate of drug-likeness (QED) is 0.844. The number of aliphatic hydroxyl groups excluding tert-OH is 1. The van der Waals surface area contributed by atoms with E-state index in [9.17, 15) is 5.11 Å². The second kappa shape index (κ2) is 5.46. The van der Waals surface area contributed by atoms with Crippen LogP contribution in [0.4, 0.5) is 0 Å². The van der Waals surface area contributed by atoms with Gasteiger partial charge in [-0.25, -0.2) is 0 Å². The van der Waals surface area contributed by atoms with Gasteiger partial charge in [-0.3, -0.25) is 0 Å². The minimum Gasteiger partial charge on any atom is -0.393 e. The van der Waals surface area contributed by atoms with Crippen molar-refractivity contribution in [3.8, 4) is 0 Å². The fourth-order valence-electron chi connectivity index (χ4n) is 2.21. The molecule has 2 unspecified atom stereocenters. The van der Waals surface area contributed by atoms with Crippen LogP contribution in [0, 0.1) is 6.92 Å². The van der Waals surface area contributed by atoms with Crippen LogP contribution >= 0.6 is 0 Å². The molecular formula is C14H20O2.